The van der Waals surface area contributed by atoms with Crippen molar-refractivity contribution in [2.45, 2.75) is 19.4 Å². The van der Waals surface area contributed by atoms with Crippen molar-refractivity contribution in [3.63, 3.8) is 0 Å². The number of aromatic nitrogens is 1. The number of benzene rings is 1. The van der Waals surface area contributed by atoms with E-state index in [4.69, 9.17) is 0 Å². The van der Waals surface area contributed by atoms with Crippen molar-refractivity contribution < 1.29 is 9.18 Å². The monoisotopic (exact) mass is 293 g/mol. The molecule has 0 spiro atoms. The van der Waals surface area contributed by atoms with Crippen molar-refractivity contribution in [3.8, 4) is 0 Å². The van der Waals surface area contributed by atoms with Gasteiger partial charge in [0.05, 0.1) is 18.3 Å². The Labute approximate surface area is 121 Å². The topological polar surface area (TPSA) is 54.0 Å². The number of anilines is 1. The molecule has 0 radical (unpaired) electrons. The van der Waals surface area contributed by atoms with Crippen LogP contribution >= 0.6 is 11.3 Å². The summed E-state index contributed by atoms with van der Waals surface area (Å²) in [5.74, 6) is -0.710. The minimum Gasteiger partial charge on any atom is -0.322 e. The summed E-state index contributed by atoms with van der Waals surface area (Å²) in [5, 5.41) is 8.52. The van der Waals surface area contributed by atoms with E-state index in [1.165, 1.54) is 12.1 Å². The second-order valence-electron chi connectivity index (χ2n) is 4.24. The molecule has 0 aliphatic rings. The summed E-state index contributed by atoms with van der Waals surface area (Å²) in [7, 11) is 0. The molecule has 0 aliphatic heterocycles. The number of para-hydroxylation sites is 1. The van der Waals surface area contributed by atoms with Gasteiger partial charge in [-0.05, 0) is 18.6 Å². The van der Waals surface area contributed by atoms with Crippen LogP contribution in [-0.4, -0.2) is 17.4 Å². The Morgan fingerprint density at radius 2 is 2.25 bits per heavy atom. The van der Waals surface area contributed by atoms with E-state index < -0.39 is 5.82 Å². The minimum absolute atomic E-state index is 0.0429. The molecule has 20 heavy (non-hydrogen) atoms. The number of carbonyl (C=O) groups is 1. The van der Waals surface area contributed by atoms with Gasteiger partial charge in [0.15, 0.2) is 0 Å². The fourth-order valence-electron chi connectivity index (χ4n) is 1.79. The van der Waals surface area contributed by atoms with E-state index in [-0.39, 0.29) is 24.2 Å². The van der Waals surface area contributed by atoms with Gasteiger partial charge in [0, 0.05) is 11.6 Å². The first-order chi connectivity index (χ1) is 9.70. The van der Waals surface area contributed by atoms with Crippen molar-refractivity contribution in [3.05, 3.63) is 46.7 Å². The molecule has 1 heterocycles. The lowest BCUT2D eigenvalue weighted by molar-refractivity contribution is -0.115. The normalized spacial score (nSPS) is 12.1. The van der Waals surface area contributed by atoms with Crippen molar-refractivity contribution >= 4 is 22.9 Å². The van der Waals surface area contributed by atoms with Crippen molar-refractivity contribution in [1.82, 2.24) is 10.3 Å². The Morgan fingerprint density at radius 1 is 1.45 bits per heavy atom. The minimum atomic E-state index is -0.437. The number of halogens is 1. The van der Waals surface area contributed by atoms with Gasteiger partial charge in [-0.2, -0.15) is 0 Å². The third-order valence-corrected chi connectivity index (χ3v) is 3.70. The Bertz CT molecular complexity index is 559. The number of hydrogen-bond donors (Lipinski definition) is 2. The molecule has 1 atom stereocenters. The van der Waals surface area contributed by atoms with Crippen LogP contribution in [0.2, 0.25) is 0 Å². The summed E-state index contributed by atoms with van der Waals surface area (Å²) in [6.07, 6.45) is 2.57. The molecule has 1 unspecified atom stereocenters. The molecule has 2 N–H and O–H groups in total. The molecule has 2 aromatic rings. The summed E-state index contributed by atoms with van der Waals surface area (Å²) in [5.41, 5.74) is 0.196. The number of rotatable bonds is 6. The van der Waals surface area contributed by atoms with E-state index in [2.05, 4.69) is 15.6 Å². The van der Waals surface area contributed by atoms with Gasteiger partial charge in [-0.15, -0.1) is 11.3 Å². The molecule has 0 saturated carbocycles. The molecule has 0 bridgehead atoms. The first-order valence-electron chi connectivity index (χ1n) is 6.38. The number of amides is 1. The zero-order valence-electron chi connectivity index (χ0n) is 11.1. The smallest absolute Gasteiger partial charge is 0.238 e. The second kappa shape index (κ2) is 7.12. The lowest BCUT2D eigenvalue weighted by atomic mass is 10.2. The van der Waals surface area contributed by atoms with E-state index in [0.717, 1.165) is 11.4 Å². The van der Waals surface area contributed by atoms with E-state index in [0.29, 0.717) is 0 Å². The van der Waals surface area contributed by atoms with Crippen molar-refractivity contribution in [2.75, 3.05) is 11.9 Å². The highest BCUT2D eigenvalue weighted by Crippen LogP contribution is 2.18. The zero-order valence-corrected chi connectivity index (χ0v) is 11.9. The van der Waals surface area contributed by atoms with E-state index in [1.807, 2.05) is 12.3 Å². The van der Waals surface area contributed by atoms with E-state index >= 15 is 0 Å². The Hall–Kier alpha value is -1.79. The summed E-state index contributed by atoms with van der Waals surface area (Å²) in [6, 6.07) is 6.15. The molecule has 0 aliphatic carbocycles. The van der Waals surface area contributed by atoms with Crippen LogP contribution in [0, 0.1) is 5.82 Å². The van der Waals surface area contributed by atoms with Gasteiger partial charge < -0.3 is 5.32 Å². The lowest BCUT2D eigenvalue weighted by Crippen LogP contribution is -2.31. The average Bonchev–Trinajstić information content (AvgIpc) is 2.96. The maximum Gasteiger partial charge on any atom is 0.238 e. The molecule has 2 rings (SSSR count). The summed E-state index contributed by atoms with van der Waals surface area (Å²) < 4.78 is 13.4. The summed E-state index contributed by atoms with van der Waals surface area (Å²) in [4.78, 5) is 16.0. The zero-order chi connectivity index (χ0) is 14.4. The predicted octanol–water partition coefficient (Wildman–Crippen LogP) is 2.96. The van der Waals surface area contributed by atoms with Gasteiger partial charge in [-0.3, -0.25) is 10.1 Å². The van der Waals surface area contributed by atoms with Crippen LogP contribution < -0.4 is 10.6 Å². The standard InChI is InChI=1S/C14H16FN3OS/c1-2-11(14-16-7-8-20-14)17-9-13(19)18-12-6-4-3-5-10(12)15/h3-8,11,17H,2,9H2,1H3,(H,18,19). The first kappa shape index (κ1) is 14.6. The molecule has 1 aromatic carbocycles. The van der Waals surface area contributed by atoms with Crippen LogP contribution in [0.15, 0.2) is 35.8 Å². The maximum atomic E-state index is 13.4. The summed E-state index contributed by atoms with van der Waals surface area (Å²) in [6.45, 7) is 2.14. The van der Waals surface area contributed by atoms with Crippen LogP contribution in [-0.2, 0) is 4.79 Å². The highest BCUT2D eigenvalue weighted by Gasteiger charge is 2.13. The SMILES string of the molecule is CCC(NCC(=O)Nc1ccccc1F)c1nccs1. The van der Waals surface area contributed by atoms with Crippen LogP contribution in [0.4, 0.5) is 10.1 Å². The second-order valence-corrected chi connectivity index (χ2v) is 5.17. The third kappa shape index (κ3) is 3.85. The average molecular weight is 293 g/mol. The van der Waals surface area contributed by atoms with Crippen LogP contribution in [0.1, 0.15) is 24.4 Å². The number of carbonyl (C=O) groups excluding carboxylic acids is 1. The maximum absolute atomic E-state index is 13.4. The quantitative estimate of drug-likeness (QED) is 0.861. The number of nitrogens with one attached hydrogen (secondary N) is 2. The number of thiazole rings is 1. The van der Waals surface area contributed by atoms with Crippen LogP contribution in [0.3, 0.4) is 0 Å². The highest BCUT2D eigenvalue weighted by atomic mass is 32.1. The molecule has 1 amide bonds. The molecule has 4 nitrogen and oxygen atoms in total. The van der Waals surface area contributed by atoms with Gasteiger partial charge >= 0.3 is 0 Å². The fraction of sp³-hybridized carbons (Fsp3) is 0.286. The van der Waals surface area contributed by atoms with E-state index in [9.17, 15) is 9.18 Å². The Balaban J connectivity index is 1.87. The fourth-order valence-corrected chi connectivity index (χ4v) is 2.58. The molecule has 0 saturated heterocycles. The first-order valence-corrected chi connectivity index (χ1v) is 7.25. The van der Waals surface area contributed by atoms with Crippen molar-refractivity contribution in [1.29, 1.82) is 0 Å². The predicted molar refractivity (Wildman–Crippen MR) is 78.2 cm³/mol. The Kier molecular flexibility index (Phi) is 5.20. The van der Waals surface area contributed by atoms with Gasteiger partial charge in [0.1, 0.15) is 10.8 Å². The molecule has 0 fully saturated rings. The molecular weight excluding hydrogens is 277 g/mol. The van der Waals surface area contributed by atoms with Crippen LogP contribution in [0.5, 0.6) is 0 Å². The van der Waals surface area contributed by atoms with Crippen LogP contribution in [0.25, 0.3) is 0 Å². The Morgan fingerprint density at radius 3 is 2.90 bits per heavy atom. The van der Waals surface area contributed by atoms with Gasteiger partial charge in [0.25, 0.3) is 0 Å². The van der Waals surface area contributed by atoms with Gasteiger partial charge in [0.2, 0.25) is 5.91 Å². The summed E-state index contributed by atoms with van der Waals surface area (Å²) >= 11 is 1.55. The highest BCUT2D eigenvalue weighted by molar-refractivity contribution is 7.09. The molecule has 1 aromatic heterocycles. The molecular formula is C14H16FN3OS. The van der Waals surface area contributed by atoms with Gasteiger partial charge in [-0.25, -0.2) is 9.37 Å². The lowest BCUT2D eigenvalue weighted by Gasteiger charge is -2.14. The van der Waals surface area contributed by atoms with Gasteiger partial charge in [-0.1, -0.05) is 19.1 Å². The third-order valence-electron chi connectivity index (χ3n) is 2.81. The number of hydrogen-bond acceptors (Lipinski definition) is 4. The van der Waals surface area contributed by atoms with Crippen molar-refractivity contribution in [2.24, 2.45) is 0 Å². The number of nitrogens with zero attached hydrogens (tertiary/aromatic N) is 1. The molecule has 106 valence electrons. The van der Waals surface area contributed by atoms with E-state index in [1.54, 1.807) is 29.7 Å². The largest absolute Gasteiger partial charge is 0.322 e. The molecule has 6 heteroatoms.